The molecule has 3 heterocycles. The number of fused-ring (bicyclic) bond motifs is 1. The minimum Gasteiger partial charge on any atom is -0.369 e. The first-order valence-electron chi connectivity index (χ1n) is 9.39. The van der Waals surface area contributed by atoms with Crippen LogP contribution in [0.5, 0.6) is 0 Å². The predicted molar refractivity (Wildman–Crippen MR) is 109 cm³/mol. The average molecular weight is 363 g/mol. The molecule has 4 rings (SSSR count). The number of hydrogen-bond acceptors (Lipinski definition) is 3. The number of piperidine rings is 1. The van der Waals surface area contributed by atoms with E-state index in [4.69, 9.17) is 0 Å². The summed E-state index contributed by atoms with van der Waals surface area (Å²) in [6.45, 7) is 3.54. The summed E-state index contributed by atoms with van der Waals surface area (Å²) in [5.41, 5.74) is 4.06. The van der Waals surface area contributed by atoms with Crippen molar-refractivity contribution < 1.29 is 4.79 Å². The lowest BCUT2D eigenvalue weighted by Gasteiger charge is -2.38. The van der Waals surface area contributed by atoms with Crippen LogP contribution in [-0.4, -0.2) is 47.1 Å². The van der Waals surface area contributed by atoms with E-state index in [1.54, 1.807) is 0 Å². The van der Waals surface area contributed by atoms with Crippen molar-refractivity contribution in [3.05, 3.63) is 54.4 Å². The van der Waals surface area contributed by atoms with Gasteiger partial charge in [0.05, 0.1) is 0 Å². The monoisotopic (exact) mass is 363 g/mol. The Morgan fingerprint density at radius 2 is 2.07 bits per heavy atom. The molecule has 0 saturated carbocycles. The molecule has 2 aromatic heterocycles. The fourth-order valence-electron chi connectivity index (χ4n) is 3.75. The van der Waals surface area contributed by atoms with Gasteiger partial charge in [-0.05, 0) is 44.0 Å². The van der Waals surface area contributed by atoms with Crippen LogP contribution < -0.4 is 10.2 Å². The highest BCUT2D eigenvalue weighted by molar-refractivity contribution is 5.90. The van der Waals surface area contributed by atoms with E-state index in [9.17, 15) is 4.79 Å². The maximum Gasteiger partial charge on any atom is 0.321 e. The van der Waals surface area contributed by atoms with E-state index in [0.717, 1.165) is 41.8 Å². The second kappa shape index (κ2) is 7.31. The normalized spacial score (nSPS) is 17.1. The minimum absolute atomic E-state index is 0.0292. The molecule has 0 aliphatic carbocycles. The largest absolute Gasteiger partial charge is 0.369 e. The summed E-state index contributed by atoms with van der Waals surface area (Å²) in [7, 11) is 2.10. The van der Waals surface area contributed by atoms with Crippen molar-refractivity contribution in [3.63, 3.8) is 0 Å². The van der Waals surface area contributed by atoms with Crippen molar-refractivity contribution in [1.82, 2.24) is 14.9 Å². The van der Waals surface area contributed by atoms with E-state index in [-0.39, 0.29) is 12.1 Å². The lowest BCUT2D eigenvalue weighted by molar-refractivity contribution is 0.192. The topological polar surface area (TPSA) is 64.3 Å². The molecule has 2 amide bonds. The quantitative estimate of drug-likeness (QED) is 0.739. The van der Waals surface area contributed by atoms with Crippen LogP contribution in [0.4, 0.5) is 16.2 Å². The van der Waals surface area contributed by atoms with E-state index >= 15 is 0 Å². The van der Waals surface area contributed by atoms with Crippen LogP contribution in [0.25, 0.3) is 11.0 Å². The molecule has 1 atom stereocenters. The molecule has 1 aromatic carbocycles. The molecule has 27 heavy (non-hydrogen) atoms. The summed E-state index contributed by atoms with van der Waals surface area (Å²) in [4.78, 5) is 24.4. The number of H-pyrrole nitrogens is 1. The average Bonchev–Trinajstić information content (AvgIpc) is 3.18. The van der Waals surface area contributed by atoms with E-state index in [0.29, 0.717) is 6.54 Å². The van der Waals surface area contributed by atoms with Gasteiger partial charge >= 0.3 is 6.03 Å². The fraction of sp³-hybridized carbons (Fsp3) is 0.333. The molecule has 1 fully saturated rings. The number of aromatic amines is 1. The highest BCUT2D eigenvalue weighted by Crippen LogP contribution is 2.28. The Bertz CT molecular complexity index is 933. The van der Waals surface area contributed by atoms with Gasteiger partial charge in [-0.1, -0.05) is 17.7 Å². The van der Waals surface area contributed by atoms with Crippen molar-refractivity contribution in [2.75, 3.05) is 30.4 Å². The summed E-state index contributed by atoms with van der Waals surface area (Å²) in [6, 6.07) is 12.3. The van der Waals surface area contributed by atoms with Crippen LogP contribution >= 0.6 is 0 Å². The molecule has 0 unspecified atom stereocenters. The number of hydrogen-bond donors (Lipinski definition) is 2. The summed E-state index contributed by atoms with van der Waals surface area (Å²) in [5.74, 6) is 0. The Kier molecular flexibility index (Phi) is 4.71. The van der Waals surface area contributed by atoms with Crippen molar-refractivity contribution in [2.45, 2.75) is 25.8 Å². The Morgan fingerprint density at radius 1 is 1.26 bits per heavy atom. The van der Waals surface area contributed by atoms with Crippen LogP contribution in [-0.2, 0) is 0 Å². The first-order valence-corrected chi connectivity index (χ1v) is 9.39. The van der Waals surface area contributed by atoms with Crippen molar-refractivity contribution in [3.8, 4) is 0 Å². The number of urea groups is 1. The van der Waals surface area contributed by atoms with Crippen molar-refractivity contribution in [2.24, 2.45) is 0 Å². The maximum atomic E-state index is 12.7. The van der Waals surface area contributed by atoms with Gasteiger partial charge in [0.2, 0.25) is 0 Å². The van der Waals surface area contributed by atoms with Crippen LogP contribution in [0.15, 0.2) is 48.8 Å². The zero-order valence-corrected chi connectivity index (χ0v) is 15.8. The zero-order chi connectivity index (χ0) is 18.8. The third-order valence-corrected chi connectivity index (χ3v) is 5.35. The van der Waals surface area contributed by atoms with Gasteiger partial charge in [0.15, 0.2) is 0 Å². The fourth-order valence-corrected chi connectivity index (χ4v) is 3.75. The standard InChI is InChI=1S/C21H25N5O/c1-15-5-7-16(8-6-15)24-21(27)26-13-3-4-17(14-26)25(2)19-10-12-23-20-18(19)9-11-22-20/h5-12,17H,3-4,13-14H2,1-2H3,(H,22,23)(H,24,27)/t17-/m1/s1. The number of aromatic nitrogens is 2. The zero-order valence-electron chi connectivity index (χ0n) is 15.8. The maximum absolute atomic E-state index is 12.7. The van der Waals surface area contributed by atoms with E-state index in [1.165, 1.54) is 5.56 Å². The van der Waals surface area contributed by atoms with Crippen molar-refractivity contribution >= 4 is 28.4 Å². The molecule has 0 bridgehead atoms. The molecule has 0 radical (unpaired) electrons. The Hall–Kier alpha value is -3.02. The predicted octanol–water partition coefficient (Wildman–Crippen LogP) is 4.00. The van der Waals surface area contributed by atoms with Crippen LogP contribution in [0.1, 0.15) is 18.4 Å². The van der Waals surface area contributed by atoms with Gasteiger partial charge < -0.3 is 20.1 Å². The Balaban J connectivity index is 1.46. The number of nitrogens with zero attached hydrogens (tertiary/aromatic N) is 3. The van der Waals surface area contributed by atoms with Crippen LogP contribution in [0.3, 0.4) is 0 Å². The van der Waals surface area contributed by atoms with Gasteiger partial charge in [0.1, 0.15) is 5.65 Å². The second-order valence-electron chi connectivity index (χ2n) is 7.22. The molecule has 6 nitrogen and oxygen atoms in total. The first kappa shape index (κ1) is 17.4. The summed E-state index contributed by atoms with van der Waals surface area (Å²) < 4.78 is 0. The highest BCUT2D eigenvalue weighted by atomic mass is 16.2. The summed E-state index contributed by atoms with van der Waals surface area (Å²) >= 11 is 0. The summed E-state index contributed by atoms with van der Waals surface area (Å²) in [5, 5.41) is 4.13. The number of anilines is 2. The lowest BCUT2D eigenvalue weighted by Crippen LogP contribution is -2.50. The molecule has 2 N–H and O–H groups in total. The number of nitrogens with one attached hydrogen (secondary N) is 2. The number of rotatable bonds is 3. The third-order valence-electron chi connectivity index (χ3n) is 5.35. The molecular weight excluding hydrogens is 338 g/mol. The number of aryl methyl sites for hydroxylation is 1. The van der Waals surface area contributed by atoms with Crippen LogP contribution in [0, 0.1) is 6.92 Å². The summed E-state index contributed by atoms with van der Waals surface area (Å²) in [6.07, 6.45) is 5.81. The second-order valence-corrected chi connectivity index (χ2v) is 7.22. The number of carbonyl (C=O) groups excluding carboxylic acids is 1. The molecular formula is C21H25N5O. The van der Waals surface area contributed by atoms with Gasteiger partial charge in [0, 0.05) is 55.3 Å². The van der Waals surface area contributed by atoms with Crippen molar-refractivity contribution in [1.29, 1.82) is 0 Å². The molecule has 140 valence electrons. The van der Waals surface area contributed by atoms with Gasteiger partial charge in [-0.15, -0.1) is 0 Å². The van der Waals surface area contributed by atoms with E-state index in [1.807, 2.05) is 54.5 Å². The lowest BCUT2D eigenvalue weighted by atomic mass is 10.0. The molecule has 1 saturated heterocycles. The number of likely N-dealkylation sites (N-methyl/N-ethyl adjacent to an activating group) is 1. The molecule has 0 spiro atoms. The van der Waals surface area contributed by atoms with Gasteiger partial charge in [-0.3, -0.25) is 0 Å². The smallest absolute Gasteiger partial charge is 0.321 e. The molecule has 1 aliphatic rings. The van der Waals surface area contributed by atoms with Gasteiger partial charge in [-0.2, -0.15) is 0 Å². The number of pyridine rings is 1. The first-order chi connectivity index (χ1) is 13.1. The third kappa shape index (κ3) is 3.60. The Morgan fingerprint density at radius 3 is 2.89 bits per heavy atom. The molecule has 6 heteroatoms. The number of benzene rings is 1. The number of likely N-dealkylation sites (tertiary alicyclic amines) is 1. The number of amides is 2. The Labute approximate surface area is 159 Å². The molecule has 1 aliphatic heterocycles. The minimum atomic E-state index is -0.0292. The van der Waals surface area contributed by atoms with Gasteiger partial charge in [-0.25, -0.2) is 9.78 Å². The molecule has 3 aromatic rings. The van der Waals surface area contributed by atoms with E-state index in [2.05, 4.69) is 33.3 Å². The SMILES string of the molecule is Cc1ccc(NC(=O)N2CCC[C@@H](N(C)c3ccnc4[nH]ccc34)C2)cc1. The highest BCUT2D eigenvalue weighted by Gasteiger charge is 2.27. The van der Waals surface area contributed by atoms with Gasteiger partial charge in [0.25, 0.3) is 0 Å². The van der Waals surface area contributed by atoms with E-state index < -0.39 is 0 Å². The number of carbonyl (C=O) groups is 1. The van der Waals surface area contributed by atoms with Crippen LogP contribution in [0.2, 0.25) is 0 Å².